The normalized spacial score (nSPS) is 10.2. The average Bonchev–Trinajstić information content (AvgIpc) is 3.05. The minimum atomic E-state index is -0.308. The first-order chi connectivity index (χ1) is 11.7. The van der Waals surface area contributed by atoms with Crippen molar-refractivity contribution in [2.45, 2.75) is 6.92 Å². The number of methoxy groups -OCH3 is 1. The number of carbonyl (C=O) groups is 1. The average molecular weight is 341 g/mol. The van der Waals surface area contributed by atoms with Gasteiger partial charge in [0, 0.05) is 17.8 Å². The SMILES string of the molecule is COc1ccc(C)cc1NC(=O)c1csc(Nc2ncccn2)n1. The molecule has 0 radical (unpaired) electrons. The van der Waals surface area contributed by atoms with E-state index in [0.717, 1.165) is 5.56 Å². The van der Waals surface area contributed by atoms with Crippen molar-refractivity contribution >= 4 is 34.0 Å². The Balaban J connectivity index is 1.73. The molecule has 8 heteroatoms. The van der Waals surface area contributed by atoms with Crippen LogP contribution in [-0.4, -0.2) is 28.0 Å². The highest BCUT2D eigenvalue weighted by Crippen LogP contribution is 2.26. The molecule has 1 aromatic carbocycles. The van der Waals surface area contributed by atoms with Gasteiger partial charge in [-0.3, -0.25) is 4.79 Å². The number of hydrogen-bond acceptors (Lipinski definition) is 7. The van der Waals surface area contributed by atoms with E-state index in [4.69, 9.17) is 4.74 Å². The van der Waals surface area contributed by atoms with Crippen molar-refractivity contribution in [2.75, 3.05) is 17.7 Å². The Hall–Kier alpha value is -3.00. The van der Waals surface area contributed by atoms with Crippen LogP contribution in [-0.2, 0) is 0 Å². The van der Waals surface area contributed by atoms with Crippen molar-refractivity contribution in [3.63, 3.8) is 0 Å². The number of hydrogen-bond donors (Lipinski definition) is 2. The van der Waals surface area contributed by atoms with E-state index in [0.29, 0.717) is 28.2 Å². The van der Waals surface area contributed by atoms with Crippen LogP contribution in [0, 0.1) is 6.92 Å². The first-order valence-electron chi connectivity index (χ1n) is 7.11. The van der Waals surface area contributed by atoms with Crippen molar-refractivity contribution in [3.05, 3.63) is 53.3 Å². The summed E-state index contributed by atoms with van der Waals surface area (Å²) >= 11 is 1.30. The molecule has 24 heavy (non-hydrogen) atoms. The molecular formula is C16H15N5O2S. The number of ether oxygens (including phenoxy) is 1. The zero-order valence-corrected chi connectivity index (χ0v) is 13.9. The molecule has 0 aliphatic rings. The molecule has 2 N–H and O–H groups in total. The molecule has 0 spiro atoms. The first-order valence-corrected chi connectivity index (χ1v) is 7.99. The number of nitrogens with zero attached hydrogens (tertiary/aromatic N) is 3. The molecule has 3 rings (SSSR count). The van der Waals surface area contributed by atoms with Crippen LogP contribution < -0.4 is 15.4 Å². The van der Waals surface area contributed by atoms with Crippen LogP contribution in [0.1, 0.15) is 16.1 Å². The molecule has 7 nitrogen and oxygen atoms in total. The van der Waals surface area contributed by atoms with Gasteiger partial charge in [0.15, 0.2) is 5.13 Å². The Labute approximate surface area is 142 Å². The Morgan fingerprint density at radius 2 is 2.04 bits per heavy atom. The molecule has 122 valence electrons. The number of anilines is 3. The van der Waals surface area contributed by atoms with Crippen LogP contribution in [0.3, 0.4) is 0 Å². The van der Waals surface area contributed by atoms with Gasteiger partial charge in [-0.05, 0) is 30.7 Å². The molecule has 1 amide bonds. The predicted octanol–water partition coefficient (Wildman–Crippen LogP) is 3.25. The summed E-state index contributed by atoms with van der Waals surface area (Å²) in [4.78, 5) is 24.7. The monoisotopic (exact) mass is 341 g/mol. The van der Waals surface area contributed by atoms with E-state index in [9.17, 15) is 4.79 Å². The molecule has 0 aliphatic carbocycles. The van der Waals surface area contributed by atoms with E-state index in [1.54, 1.807) is 30.9 Å². The van der Waals surface area contributed by atoms with Crippen LogP contribution in [0.25, 0.3) is 0 Å². The third kappa shape index (κ3) is 3.66. The van der Waals surface area contributed by atoms with Crippen molar-refractivity contribution in [3.8, 4) is 5.75 Å². The number of carbonyl (C=O) groups excluding carboxylic acids is 1. The maximum Gasteiger partial charge on any atom is 0.275 e. The third-order valence-corrected chi connectivity index (χ3v) is 3.88. The lowest BCUT2D eigenvalue weighted by Gasteiger charge is -2.10. The highest BCUT2D eigenvalue weighted by Gasteiger charge is 2.14. The zero-order chi connectivity index (χ0) is 16.9. The minimum absolute atomic E-state index is 0.307. The van der Waals surface area contributed by atoms with Gasteiger partial charge in [0.25, 0.3) is 5.91 Å². The number of benzene rings is 1. The van der Waals surface area contributed by atoms with Gasteiger partial charge in [-0.25, -0.2) is 15.0 Å². The van der Waals surface area contributed by atoms with Crippen LogP contribution >= 0.6 is 11.3 Å². The predicted molar refractivity (Wildman–Crippen MR) is 93.1 cm³/mol. The fraction of sp³-hybridized carbons (Fsp3) is 0.125. The van der Waals surface area contributed by atoms with E-state index < -0.39 is 0 Å². The van der Waals surface area contributed by atoms with Crippen LogP contribution in [0.2, 0.25) is 0 Å². The molecular weight excluding hydrogens is 326 g/mol. The summed E-state index contributed by atoms with van der Waals surface area (Å²) in [6.07, 6.45) is 3.25. The van der Waals surface area contributed by atoms with Crippen molar-refractivity contribution in [2.24, 2.45) is 0 Å². The molecule has 0 saturated carbocycles. The van der Waals surface area contributed by atoms with E-state index in [-0.39, 0.29) is 5.91 Å². The maximum atomic E-state index is 12.4. The number of thiazole rings is 1. The fourth-order valence-corrected chi connectivity index (χ4v) is 2.68. The lowest BCUT2D eigenvalue weighted by Crippen LogP contribution is -2.13. The van der Waals surface area contributed by atoms with Gasteiger partial charge in [-0.1, -0.05) is 6.07 Å². The topological polar surface area (TPSA) is 89.0 Å². The standard InChI is InChI=1S/C16H15N5O2S/c1-10-4-5-13(23-2)11(8-10)19-14(22)12-9-24-16(20-12)21-15-17-6-3-7-18-15/h3-9H,1-2H3,(H,19,22)(H,17,18,20,21). The summed E-state index contributed by atoms with van der Waals surface area (Å²) in [5, 5.41) is 7.99. The second kappa shape index (κ2) is 7.05. The molecule has 2 aromatic heterocycles. The number of rotatable bonds is 5. The smallest absolute Gasteiger partial charge is 0.275 e. The van der Waals surface area contributed by atoms with E-state index in [1.807, 2.05) is 25.1 Å². The highest BCUT2D eigenvalue weighted by atomic mass is 32.1. The number of amides is 1. The molecule has 3 aromatic rings. The van der Waals surface area contributed by atoms with Gasteiger partial charge in [-0.15, -0.1) is 11.3 Å². The second-order valence-corrected chi connectivity index (χ2v) is 5.75. The molecule has 0 unspecified atom stereocenters. The van der Waals surface area contributed by atoms with Gasteiger partial charge in [0.1, 0.15) is 11.4 Å². The van der Waals surface area contributed by atoms with E-state index in [2.05, 4.69) is 25.6 Å². The highest BCUT2D eigenvalue weighted by molar-refractivity contribution is 7.14. The van der Waals surface area contributed by atoms with Crippen molar-refractivity contribution in [1.29, 1.82) is 0 Å². The number of aryl methyl sites for hydroxylation is 1. The molecule has 0 atom stereocenters. The Morgan fingerprint density at radius 1 is 1.25 bits per heavy atom. The minimum Gasteiger partial charge on any atom is -0.495 e. The Kier molecular flexibility index (Phi) is 4.66. The molecule has 0 fully saturated rings. The van der Waals surface area contributed by atoms with E-state index in [1.165, 1.54) is 11.3 Å². The summed E-state index contributed by atoms with van der Waals surface area (Å²) in [6.45, 7) is 1.94. The fourth-order valence-electron chi connectivity index (χ4n) is 2.00. The summed E-state index contributed by atoms with van der Waals surface area (Å²) in [5.41, 5.74) is 1.94. The van der Waals surface area contributed by atoms with Crippen LogP contribution in [0.15, 0.2) is 42.0 Å². The van der Waals surface area contributed by atoms with Gasteiger partial charge < -0.3 is 15.4 Å². The van der Waals surface area contributed by atoms with Gasteiger partial charge in [0.05, 0.1) is 12.8 Å². The largest absolute Gasteiger partial charge is 0.495 e. The maximum absolute atomic E-state index is 12.4. The molecule has 0 aliphatic heterocycles. The number of nitrogens with one attached hydrogen (secondary N) is 2. The summed E-state index contributed by atoms with van der Waals surface area (Å²) in [5.74, 6) is 0.719. The lowest BCUT2D eigenvalue weighted by atomic mass is 10.2. The second-order valence-electron chi connectivity index (χ2n) is 4.89. The van der Waals surface area contributed by atoms with Crippen LogP contribution in [0.4, 0.5) is 16.8 Å². The summed E-state index contributed by atoms with van der Waals surface area (Å²) in [6, 6.07) is 7.30. The van der Waals surface area contributed by atoms with Gasteiger partial charge >= 0.3 is 0 Å². The Morgan fingerprint density at radius 3 is 2.79 bits per heavy atom. The molecule has 2 heterocycles. The van der Waals surface area contributed by atoms with Gasteiger partial charge in [-0.2, -0.15) is 0 Å². The zero-order valence-electron chi connectivity index (χ0n) is 13.1. The van der Waals surface area contributed by atoms with Crippen molar-refractivity contribution < 1.29 is 9.53 Å². The molecule has 0 saturated heterocycles. The van der Waals surface area contributed by atoms with Crippen molar-refractivity contribution in [1.82, 2.24) is 15.0 Å². The summed E-state index contributed by atoms with van der Waals surface area (Å²) in [7, 11) is 1.56. The molecule has 0 bridgehead atoms. The van der Waals surface area contributed by atoms with Gasteiger partial charge in [0.2, 0.25) is 5.95 Å². The lowest BCUT2D eigenvalue weighted by molar-refractivity contribution is 0.102. The summed E-state index contributed by atoms with van der Waals surface area (Å²) < 4.78 is 5.26. The van der Waals surface area contributed by atoms with Crippen LogP contribution in [0.5, 0.6) is 5.75 Å². The quantitative estimate of drug-likeness (QED) is 0.740. The number of aromatic nitrogens is 3. The van der Waals surface area contributed by atoms with E-state index >= 15 is 0 Å². The Bertz CT molecular complexity index is 851. The first kappa shape index (κ1) is 15.9. The third-order valence-electron chi connectivity index (χ3n) is 3.12.